The molecule has 2 saturated carbocycles. The zero-order chi connectivity index (χ0) is 40.6. The highest BCUT2D eigenvalue weighted by Crippen LogP contribution is 2.47. The monoisotopic (exact) mass is 797 g/mol. The second kappa shape index (κ2) is 15.8. The summed E-state index contributed by atoms with van der Waals surface area (Å²) in [5, 5.41) is 7.14. The molecule has 56 heavy (non-hydrogen) atoms. The highest BCUT2D eigenvalue weighted by atomic mass is 32.2. The Morgan fingerprint density at radius 1 is 1.09 bits per heavy atom. The van der Waals surface area contributed by atoms with E-state index in [2.05, 4.69) is 27.3 Å². The van der Waals surface area contributed by atoms with Crippen molar-refractivity contribution in [2.75, 3.05) is 27.4 Å². The Labute approximate surface area is 328 Å². The fraction of sp³-hybridized carbons (Fsp3) is 0.625. The quantitative estimate of drug-likeness (QED) is 0.311. The molecule has 0 spiro atoms. The molecule has 0 radical (unpaired) electrons. The molecule has 2 aromatic rings. The Bertz CT molecular complexity index is 1980. The number of amides is 4. The molecule has 3 fully saturated rings. The lowest BCUT2D eigenvalue weighted by molar-refractivity contribution is -0.142. The average Bonchev–Trinajstić information content (AvgIpc) is 4.01. The lowest BCUT2D eigenvalue weighted by atomic mass is 9.87. The Morgan fingerprint density at radius 3 is 2.46 bits per heavy atom. The van der Waals surface area contributed by atoms with Gasteiger partial charge in [-0.1, -0.05) is 37.3 Å². The largest absolute Gasteiger partial charge is 0.494 e. The number of alkyl carbamates (subject to hydrolysis) is 1. The van der Waals surface area contributed by atoms with Crippen LogP contribution in [0, 0.1) is 17.8 Å². The minimum atomic E-state index is -4.01. The van der Waals surface area contributed by atoms with E-state index >= 15 is 0 Å². The SMILES string of the molecule is COC[C@@H]1C[C@@H](C)CC/C=C\[C@@H]2C[C@@]2(C(=O)NS(=O)(=O)C2(C)CC2)NC(=O)[C@@H]2C[C@@H](Oc3ncc(OC)c4ccccc34)CN2C(=O)[C@H]1NC(=O)OC(C)(C)C. The summed E-state index contributed by atoms with van der Waals surface area (Å²) in [6.45, 7) is 8.89. The van der Waals surface area contributed by atoms with E-state index in [0.717, 1.165) is 11.8 Å². The van der Waals surface area contributed by atoms with Crippen molar-refractivity contribution in [2.45, 2.75) is 114 Å². The Morgan fingerprint density at radius 2 is 1.80 bits per heavy atom. The third-order valence-corrected chi connectivity index (χ3v) is 13.5. The number of carbonyl (C=O) groups excluding carboxylic acids is 4. The molecule has 0 bridgehead atoms. The average molecular weight is 798 g/mol. The summed E-state index contributed by atoms with van der Waals surface area (Å²) >= 11 is 0. The van der Waals surface area contributed by atoms with Crippen LogP contribution < -0.4 is 24.8 Å². The number of sulfonamides is 1. The molecule has 1 aromatic carbocycles. The van der Waals surface area contributed by atoms with Gasteiger partial charge >= 0.3 is 6.09 Å². The summed E-state index contributed by atoms with van der Waals surface area (Å²) in [6.07, 6.45) is 6.74. The first-order valence-corrected chi connectivity index (χ1v) is 20.8. The van der Waals surface area contributed by atoms with E-state index in [1.54, 1.807) is 41.0 Å². The van der Waals surface area contributed by atoms with Crippen LogP contribution in [0.4, 0.5) is 4.79 Å². The third kappa shape index (κ3) is 8.75. The summed E-state index contributed by atoms with van der Waals surface area (Å²) in [7, 11) is -0.938. The lowest BCUT2D eigenvalue weighted by Crippen LogP contribution is -2.60. The molecule has 4 amide bonds. The van der Waals surface area contributed by atoms with Gasteiger partial charge in [-0.15, -0.1) is 0 Å². The van der Waals surface area contributed by atoms with Crippen molar-refractivity contribution in [2.24, 2.45) is 17.8 Å². The second-order valence-electron chi connectivity index (χ2n) is 17.0. The summed E-state index contributed by atoms with van der Waals surface area (Å²) < 4.78 is 50.8. The van der Waals surface area contributed by atoms with Crippen LogP contribution in [0.1, 0.15) is 79.6 Å². The summed E-state index contributed by atoms with van der Waals surface area (Å²) in [5.41, 5.74) is -2.40. The van der Waals surface area contributed by atoms with E-state index in [1.165, 1.54) is 12.0 Å². The molecule has 0 unspecified atom stereocenters. The van der Waals surface area contributed by atoms with Gasteiger partial charge in [-0.05, 0) is 78.2 Å². The van der Waals surface area contributed by atoms with E-state index in [1.807, 2.05) is 36.4 Å². The van der Waals surface area contributed by atoms with Gasteiger partial charge < -0.3 is 34.5 Å². The van der Waals surface area contributed by atoms with Gasteiger partial charge in [0.05, 0.1) is 31.2 Å². The number of carbonyl (C=O) groups is 4. The molecule has 4 aliphatic rings. The smallest absolute Gasteiger partial charge is 0.408 e. The number of hydrogen-bond donors (Lipinski definition) is 3. The lowest BCUT2D eigenvalue weighted by Gasteiger charge is -2.34. The van der Waals surface area contributed by atoms with Crippen molar-refractivity contribution in [3.05, 3.63) is 42.6 Å². The number of hydrogen-bond acceptors (Lipinski definition) is 11. The number of fused-ring (bicyclic) bond motifs is 3. The molecular weight excluding hydrogens is 743 g/mol. The normalized spacial score (nSPS) is 29.7. The van der Waals surface area contributed by atoms with E-state index in [0.29, 0.717) is 36.8 Å². The Kier molecular flexibility index (Phi) is 11.6. The summed E-state index contributed by atoms with van der Waals surface area (Å²) in [5.74, 6) is -2.08. The summed E-state index contributed by atoms with van der Waals surface area (Å²) in [6, 6.07) is 5.09. The van der Waals surface area contributed by atoms with Gasteiger partial charge in [-0.3, -0.25) is 19.1 Å². The molecule has 1 saturated heterocycles. The molecule has 2 aliphatic heterocycles. The van der Waals surface area contributed by atoms with E-state index in [-0.39, 0.29) is 37.8 Å². The van der Waals surface area contributed by atoms with Gasteiger partial charge in [-0.2, -0.15) is 0 Å². The van der Waals surface area contributed by atoms with Gasteiger partial charge in [0.15, 0.2) is 0 Å². The number of nitrogens with one attached hydrogen (secondary N) is 3. The van der Waals surface area contributed by atoms with Gasteiger partial charge in [0.1, 0.15) is 35.1 Å². The number of methoxy groups -OCH3 is 2. The van der Waals surface area contributed by atoms with E-state index in [4.69, 9.17) is 18.9 Å². The number of rotatable bonds is 9. The van der Waals surface area contributed by atoms with Crippen LogP contribution in [0.15, 0.2) is 42.6 Å². The fourth-order valence-corrected chi connectivity index (χ4v) is 9.09. The van der Waals surface area contributed by atoms with Crippen LogP contribution in [0.2, 0.25) is 0 Å². The van der Waals surface area contributed by atoms with Crippen molar-refractivity contribution < 1.29 is 46.5 Å². The molecule has 7 atom stereocenters. The van der Waals surface area contributed by atoms with Crippen molar-refractivity contribution in [3.63, 3.8) is 0 Å². The summed E-state index contributed by atoms with van der Waals surface area (Å²) in [4.78, 5) is 62.7. The Balaban J connectivity index is 1.38. The molecule has 15 nitrogen and oxygen atoms in total. The first kappa shape index (κ1) is 41.2. The number of ether oxygens (including phenoxy) is 4. The van der Waals surface area contributed by atoms with Crippen LogP contribution in [0.25, 0.3) is 10.8 Å². The third-order valence-electron chi connectivity index (χ3n) is 11.4. The second-order valence-corrected chi connectivity index (χ2v) is 19.2. The molecule has 2 aliphatic carbocycles. The van der Waals surface area contributed by atoms with Crippen LogP contribution >= 0.6 is 0 Å². The van der Waals surface area contributed by atoms with Crippen molar-refractivity contribution in [1.82, 2.24) is 25.2 Å². The number of allylic oxidation sites excluding steroid dienone is 1. The highest BCUT2D eigenvalue weighted by molar-refractivity contribution is 7.91. The standard InChI is InChI=1S/C40H55N5O10S/c1-24-12-8-9-13-26-20-40(26,36(48)44-56(50,51)39(5)16-17-39)43-33(46)30-19-27(54-34-29-15-11-10-14-28(29)31(53-7)21-41-34)22-45(30)35(47)32(25(18-24)23-52-6)42-37(49)55-38(2,3)4/h9-11,13-15,21,24-27,30,32H,8,12,16-20,22-23H2,1-7H3,(H,42,49)(H,43,46)(H,44,48)/b13-9-/t24-,25-,26+,27+,30-,32-,40+/m0/s1. The van der Waals surface area contributed by atoms with E-state index in [9.17, 15) is 27.6 Å². The minimum Gasteiger partial charge on any atom is -0.494 e. The zero-order valence-corrected chi connectivity index (χ0v) is 34.1. The topological polar surface area (TPSA) is 192 Å². The van der Waals surface area contributed by atoms with Crippen molar-refractivity contribution >= 4 is 44.6 Å². The van der Waals surface area contributed by atoms with Gasteiger partial charge in [-0.25, -0.2) is 18.2 Å². The van der Waals surface area contributed by atoms with Crippen LogP contribution in [-0.2, 0) is 33.9 Å². The fourth-order valence-electron chi connectivity index (χ4n) is 7.78. The maximum Gasteiger partial charge on any atom is 0.408 e. The highest BCUT2D eigenvalue weighted by Gasteiger charge is 2.63. The van der Waals surface area contributed by atoms with Crippen LogP contribution in [0.3, 0.4) is 0 Å². The first-order chi connectivity index (χ1) is 26.4. The maximum absolute atomic E-state index is 15.0. The number of pyridine rings is 1. The zero-order valence-electron chi connectivity index (χ0n) is 33.3. The Hall–Kier alpha value is -4.44. The van der Waals surface area contributed by atoms with Gasteiger partial charge in [0.2, 0.25) is 27.7 Å². The van der Waals surface area contributed by atoms with Gasteiger partial charge in [0.25, 0.3) is 5.91 Å². The molecule has 16 heteroatoms. The minimum absolute atomic E-state index is 0.0126. The maximum atomic E-state index is 15.0. The van der Waals surface area contributed by atoms with Gasteiger partial charge in [0, 0.05) is 36.1 Å². The molecule has 3 N–H and O–H groups in total. The molecule has 306 valence electrons. The van der Waals surface area contributed by atoms with E-state index < -0.39 is 79.7 Å². The first-order valence-electron chi connectivity index (χ1n) is 19.3. The van der Waals surface area contributed by atoms with Crippen LogP contribution in [-0.4, -0.2) is 104 Å². The number of aromatic nitrogens is 1. The van der Waals surface area contributed by atoms with Crippen molar-refractivity contribution in [3.8, 4) is 11.6 Å². The molecular formula is C40H55N5O10S. The number of nitrogens with zero attached hydrogens (tertiary/aromatic N) is 2. The molecule has 3 heterocycles. The predicted octanol–water partition coefficient (Wildman–Crippen LogP) is 4.00. The van der Waals surface area contributed by atoms with Crippen LogP contribution in [0.5, 0.6) is 11.6 Å². The molecule has 6 rings (SSSR count). The number of benzene rings is 1. The molecule has 1 aromatic heterocycles. The van der Waals surface area contributed by atoms with Crippen molar-refractivity contribution in [1.29, 1.82) is 0 Å². The predicted molar refractivity (Wildman–Crippen MR) is 207 cm³/mol.